The van der Waals surface area contributed by atoms with E-state index in [0.29, 0.717) is 11.3 Å². The van der Waals surface area contributed by atoms with E-state index in [2.05, 4.69) is 10.6 Å². The second-order valence-corrected chi connectivity index (χ2v) is 4.93. The zero-order valence-corrected chi connectivity index (χ0v) is 12.4. The van der Waals surface area contributed by atoms with Gasteiger partial charge in [-0.15, -0.1) is 0 Å². The number of rotatable bonds is 5. The van der Waals surface area contributed by atoms with Gasteiger partial charge in [0.2, 0.25) is 0 Å². The molecule has 110 valence electrons. The third-order valence-electron chi connectivity index (χ3n) is 2.94. The molecule has 0 spiro atoms. The number of para-hydroxylation sites is 2. The number of hydrogen-bond donors (Lipinski definition) is 2. The van der Waals surface area contributed by atoms with Gasteiger partial charge in [0.1, 0.15) is 5.82 Å². The average molecular weight is 307 g/mol. The third-order valence-corrected chi connectivity index (χ3v) is 3.25. The molecule has 0 fully saturated rings. The predicted octanol–water partition coefficient (Wildman–Crippen LogP) is 4.55. The van der Waals surface area contributed by atoms with Gasteiger partial charge in [0.25, 0.3) is 5.91 Å². The third kappa shape index (κ3) is 3.73. The standard InChI is InChI=1S/C16H16ClFN2O/c1-2-10-19-14-9-4-3-6-11(14)16(21)20-15-12(17)7-5-8-13(15)18/h3-9,19H,2,10H2,1H3,(H,20,21). The number of anilines is 2. The fourth-order valence-electron chi connectivity index (χ4n) is 1.89. The van der Waals surface area contributed by atoms with Crippen molar-refractivity contribution in [3.8, 4) is 0 Å². The zero-order chi connectivity index (χ0) is 15.2. The van der Waals surface area contributed by atoms with Crippen LogP contribution in [0.2, 0.25) is 5.02 Å². The lowest BCUT2D eigenvalue weighted by Gasteiger charge is -2.12. The van der Waals surface area contributed by atoms with Crippen LogP contribution >= 0.6 is 11.6 Å². The van der Waals surface area contributed by atoms with Gasteiger partial charge in [0, 0.05) is 12.2 Å². The van der Waals surface area contributed by atoms with Gasteiger partial charge in [-0.2, -0.15) is 0 Å². The summed E-state index contributed by atoms with van der Waals surface area (Å²) in [5.41, 5.74) is 1.16. The van der Waals surface area contributed by atoms with Crippen LogP contribution in [0.25, 0.3) is 0 Å². The van der Waals surface area contributed by atoms with Crippen LogP contribution in [0.5, 0.6) is 0 Å². The van der Waals surface area contributed by atoms with Gasteiger partial charge in [0.15, 0.2) is 0 Å². The van der Waals surface area contributed by atoms with Crippen LogP contribution in [0.4, 0.5) is 15.8 Å². The van der Waals surface area contributed by atoms with Crippen molar-refractivity contribution in [1.82, 2.24) is 0 Å². The molecular weight excluding hydrogens is 291 g/mol. The number of hydrogen-bond acceptors (Lipinski definition) is 2. The maximum Gasteiger partial charge on any atom is 0.257 e. The molecule has 2 aromatic rings. The minimum atomic E-state index is -0.560. The summed E-state index contributed by atoms with van der Waals surface area (Å²) in [6.07, 6.45) is 0.940. The van der Waals surface area contributed by atoms with Crippen LogP contribution in [0, 0.1) is 5.82 Å². The number of halogens is 2. The van der Waals surface area contributed by atoms with Crippen LogP contribution in [0.15, 0.2) is 42.5 Å². The topological polar surface area (TPSA) is 41.1 Å². The first-order valence-electron chi connectivity index (χ1n) is 6.71. The highest BCUT2D eigenvalue weighted by molar-refractivity contribution is 6.34. The Bertz CT molecular complexity index is 626. The number of carbonyl (C=O) groups excluding carboxylic acids is 1. The van der Waals surface area contributed by atoms with E-state index in [1.54, 1.807) is 12.1 Å². The molecule has 21 heavy (non-hydrogen) atoms. The maximum atomic E-state index is 13.7. The number of nitrogens with one attached hydrogen (secondary N) is 2. The predicted molar refractivity (Wildman–Crippen MR) is 84.6 cm³/mol. The molecule has 2 N–H and O–H groups in total. The van der Waals surface area contributed by atoms with Crippen molar-refractivity contribution in [1.29, 1.82) is 0 Å². The molecule has 0 aliphatic carbocycles. The first-order chi connectivity index (χ1) is 10.1. The van der Waals surface area contributed by atoms with Crippen molar-refractivity contribution in [3.05, 3.63) is 58.9 Å². The van der Waals surface area contributed by atoms with Crippen molar-refractivity contribution in [3.63, 3.8) is 0 Å². The molecule has 0 aliphatic rings. The summed E-state index contributed by atoms with van der Waals surface area (Å²) in [5, 5.41) is 5.87. The van der Waals surface area contributed by atoms with Gasteiger partial charge in [0.05, 0.1) is 16.3 Å². The molecular formula is C16H16ClFN2O. The Kier molecular flexibility index (Phi) is 5.17. The summed E-state index contributed by atoms with van der Waals surface area (Å²) in [5.74, 6) is -0.962. The second kappa shape index (κ2) is 7.09. The molecule has 0 saturated carbocycles. The van der Waals surface area contributed by atoms with Crippen molar-refractivity contribution in [2.75, 3.05) is 17.2 Å². The van der Waals surface area contributed by atoms with Crippen LogP contribution in [0.3, 0.4) is 0 Å². The number of carbonyl (C=O) groups is 1. The van der Waals surface area contributed by atoms with E-state index in [1.807, 2.05) is 19.1 Å². The van der Waals surface area contributed by atoms with Crippen LogP contribution < -0.4 is 10.6 Å². The van der Waals surface area contributed by atoms with Gasteiger partial charge in [-0.25, -0.2) is 4.39 Å². The Morgan fingerprint density at radius 2 is 1.95 bits per heavy atom. The zero-order valence-electron chi connectivity index (χ0n) is 11.6. The van der Waals surface area contributed by atoms with Gasteiger partial charge in [-0.3, -0.25) is 4.79 Å². The van der Waals surface area contributed by atoms with Crippen molar-refractivity contribution >= 4 is 28.9 Å². The van der Waals surface area contributed by atoms with E-state index in [0.717, 1.165) is 13.0 Å². The Labute approximate surface area is 128 Å². The van der Waals surface area contributed by atoms with Crippen molar-refractivity contribution in [2.45, 2.75) is 13.3 Å². The largest absolute Gasteiger partial charge is 0.384 e. The Hall–Kier alpha value is -2.07. The molecule has 0 atom stereocenters. The van der Waals surface area contributed by atoms with Gasteiger partial charge in [-0.1, -0.05) is 36.7 Å². The average Bonchev–Trinajstić information content (AvgIpc) is 2.49. The van der Waals surface area contributed by atoms with E-state index in [9.17, 15) is 9.18 Å². The summed E-state index contributed by atoms with van der Waals surface area (Å²) in [4.78, 5) is 12.3. The Morgan fingerprint density at radius 3 is 2.67 bits per heavy atom. The Balaban J connectivity index is 2.25. The summed E-state index contributed by atoms with van der Waals surface area (Å²) < 4.78 is 13.7. The van der Waals surface area contributed by atoms with Crippen molar-refractivity contribution < 1.29 is 9.18 Å². The molecule has 0 unspecified atom stereocenters. The molecule has 3 nitrogen and oxygen atoms in total. The molecule has 0 aromatic heterocycles. The lowest BCUT2D eigenvalue weighted by Crippen LogP contribution is -2.16. The highest BCUT2D eigenvalue weighted by atomic mass is 35.5. The first kappa shape index (κ1) is 15.3. The van der Waals surface area contributed by atoms with E-state index < -0.39 is 11.7 Å². The van der Waals surface area contributed by atoms with Crippen LogP contribution in [0.1, 0.15) is 23.7 Å². The molecule has 0 aliphatic heterocycles. The molecule has 2 aromatic carbocycles. The highest BCUT2D eigenvalue weighted by Gasteiger charge is 2.14. The minimum absolute atomic E-state index is 0.00513. The van der Waals surface area contributed by atoms with Crippen LogP contribution in [-0.4, -0.2) is 12.5 Å². The minimum Gasteiger partial charge on any atom is -0.384 e. The summed E-state index contributed by atoms with van der Waals surface area (Å²) in [6.45, 7) is 2.79. The molecule has 1 amide bonds. The van der Waals surface area contributed by atoms with E-state index in [-0.39, 0.29) is 10.7 Å². The molecule has 5 heteroatoms. The fraction of sp³-hybridized carbons (Fsp3) is 0.188. The van der Waals surface area contributed by atoms with Gasteiger partial charge < -0.3 is 10.6 Å². The SMILES string of the molecule is CCCNc1ccccc1C(=O)Nc1c(F)cccc1Cl. The molecule has 2 rings (SSSR count). The number of amides is 1. The van der Waals surface area contributed by atoms with E-state index in [4.69, 9.17) is 11.6 Å². The van der Waals surface area contributed by atoms with E-state index >= 15 is 0 Å². The summed E-state index contributed by atoms with van der Waals surface area (Å²) >= 11 is 5.91. The second-order valence-electron chi connectivity index (χ2n) is 4.52. The number of benzene rings is 2. The van der Waals surface area contributed by atoms with Gasteiger partial charge in [-0.05, 0) is 30.7 Å². The Morgan fingerprint density at radius 1 is 1.19 bits per heavy atom. The first-order valence-corrected chi connectivity index (χ1v) is 7.09. The fourth-order valence-corrected chi connectivity index (χ4v) is 2.10. The lowest BCUT2D eigenvalue weighted by molar-refractivity contribution is 0.102. The molecule has 0 saturated heterocycles. The van der Waals surface area contributed by atoms with Crippen molar-refractivity contribution in [2.24, 2.45) is 0 Å². The normalized spacial score (nSPS) is 10.2. The van der Waals surface area contributed by atoms with E-state index in [1.165, 1.54) is 18.2 Å². The maximum absolute atomic E-state index is 13.7. The smallest absolute Gasteiger partial charge is 0.257 e. The molecule has 0 heterocycles. The summed E-state index contributed by atoms with van der Waals surface area (Å²) in [6, 6.07) is 11.4. The van der Waals surface area contributed by atoms with Gasteiger partial charge >= 0.3 is 0 Å². The monoisotopic (exact) mass is 306 g/mol. The molecule has 0 bridgehead atoms. The van der Waals surface area contributed by atoms with Crippen LogP contribution in [-0.2, 0) is 0 Å². The quantitative estimate of drug-likeness (QED) is 0.850. The summed E-state index contributed by atoms with van der Waals surface area (Å²) in [7, 11) is 0. The highest BCUT2D eigenvalue weighted by Crippen LogP contribution is 2.26. The lowest BCUT2D eigenvalue weighted by atomic mass is 10.1. The molecule has 0 radical (unpaired) electrons.